The number of carbonyl (C=O) groups is 1. The molecule has 0 fully saturated rings. The zero-order valence-electron chi connectivity index (χ0n) is 9.78. The van der Waals surface area contributed by atoms with Crippen molar-refractivity contribution in [1.82, 2.24) is 9.36 Å². The maximum absolute atomic E-state index is 12.0. The molecule has 8 nitrogen and oxygen atoms in total. The van der Waals surface area contributed by atoms with Gasteiger partial charge in [0, 0.05) is 23.3 Å². The summed E-state index contributed by atoms with van der Waals surface area (Å²) in [5.74, 6) is -0.127. The van der Waals surface area contributed by atoms with Crippen molar-refractivity contribution in [3.8, 4) is 0 Å². The first-order valence-corrected chi connectivity index (χ1v) is 5.90. The molecule has 0 radical (unpaired) electrons. The Morgan fingerprint density at radius 1 is 1.53 bits per heavy atom. The van der Waals surface area contributed by atoms with Gasteiger partial charge in [-0.2, -0.15) is 4.37 Å². The zero-order valence-corrected chi connectivity index (χ0v) is 10.6. The van der Waals surface area contributed by atoms with E-state index in [1.54, 1.807) is 6.92 Å². The van der Waals surface area contributed by atoms with E-state index in [9.17, 15) is 14.9 Å². The Balaban J connectivity index is 2.32. The summed E-state index contributed by atoms with van der Waals surface area (Å²) in [6.07, 6.45) is 0. The van der Waals surface area contributed by atoms with Gasteiger partial charge in [0.05, 0.1) is 4.92 Å². The number of nitrogens with two attached hydrogens (primary N) is 1. The Hall–Kier alpha value is -2.55. The minimum Gasteiger partial charge on any atom is -0.399 e. The van der Waals surface area contributed by atoms with Crippen molar-refractivity contribution in [3.05, 3.63) is 39.7 Å². The summed E-state index contributed by atoms with van der Waals surface area (Å²) in [5.41, 5.74) is 5.38. The van der Waals surface area contributed by atoms with Crippen molar-refractivity contribution in [2.45, 2.75) is 6.92 Å². The van der Waals surface area contributed by atoms with Gasteiger partial charge in [-0.25, -0.2) is 4.98 Å². The summed E-state index contributed by atoms with van der Waals surface area (Å²) in [6.45, 7) is 1.68. The van der Waals surface area contributed by atoms with Crippen LogP contribution in [0.4, 0.5) is 16.5 Å². The van der Waals surface area contributed by atoms with E-state index < -0.39 is 10.8 Å². The zero-order chi connectivity index (χ0) is 14.0. The first-order valence-electron chi connectivity index (χ1n) is 5.13. The maximum atomic E-state index is 12.0. The van der Waals surface area contributed by atoms with E-state index >= 15 is 0 Å². The average Bonchev–Trinajstić information content (AvgIpc) is 2.74. The Labute approximate surface area is 111 Å². The molecule has 0 saturated carbocycles. The molecule has 98 valence electrons. The van der Waals surface area contributed by atoms with Gasteiger partial charge in [0.15, 0.2) is 0 Å². The number of nitrogens with zero attached hydrogens (tertiary/aromatic N) is 3. The molecule has 0 aliphatic carbocycles. The normalized spacial score (nSPS) is 10.2. The van der Waals surface area contributed by atoms with Gasteiger partial charge < -0.3 is 5.73 Å². The predicted molar refractivity (Wildman–Crippen MR) is 70.1 cm³/mol. The average molecular weight is 279 g/mol. The first-order chi connectivity index (χ1) is 8.97. The molecule has 0 saturated heterocycles. The molecule has 2 aromatic rings. The third kappa shape index (κ3) is 2.83. The first kappa shape index (κ1) is 12.9. The molecule has 0 atom stereocenters. The Bertz CT molecular complexity index is 654. The Morgan fingerprint density at radius 3 is 2.84 bits per heavy atom. The lowest BCUT2D eigenvalue weighted by Gasteiger charge is -2.03. The second-order valence-corrected chi connectivity index (χ2v) is 4.39. The Morgan fingerprint density at radius 2 is 2.26 bits per heavy atom. The number of nitro benzene ring substituents is 1. The summed E-state index contributed by atoms with van der Waals surface area (Å²) in [5, 5.41) is 13.6. The van der Waals surface area contributed by atoms with Crippen LogP contribution in [0.1, 0.15) is 16.2 Å². The number of benzene rings is 1. The van der Waals surface area contributed by atoms with Gasteiger partial charge in [-0.15, -0.1) is 0 Å². The molecule has 0 unspecified atom stereocenters. The van der Waals surface area contributed by atoms with Gasteiger partial charge in [0.2, 0.25) is 5.13 Å². The molecule has 19 heavy (non-hydrogen) atoms. The van der Waals surface area contributed by atoms with E-state index in [2.05, 4.69) is 14.7 Å². The van der Waals surface area contributed by atoms with E-state index in [0.717, 1.165) is 11.5 Å². The molecule has 0 aliphatic heterocycles. The van der Waals surface area contributed by atoms with Crippen LogP contribution in [0.5, 0.6) is 0 Å². The quantitative estimate of drug-likeness (QED) is 0.499. The molecule has 9 heteroatoms. The van der Waals surface area contributed by atoms with Crippen LogP contribution >= 0.6 is 11.5 Å². The molecule has 1 heterocycles. The summed E-state index contributed by atoms with van der Waals surface area (Å²) < 4.78 is 3.90. The van der Waals surface area contributed by atoms with Gasteiger partial charge in [0.25, 0.3) is 11.6 Å². The van der Waals surface area contributed by atoms with E-state index in [1.165, 1.54) is 18.2 Å². The van der Waals surface area contributed by atoms with Gasteiger partial charge in [-0.1, -0.05) is 0 Å². The summed E-state index contributed by atoms with van der Waals surface area (Å²) in [6, 6.07) is 3.81. The third-order valence-electron chi connectivity index (χ3n) is 2.21. The van der Waals surface area contributed by atoms with Crippen LogP contribution in [-0.2, 0) is 0 Å². The lowest BCUT2D eigenvalue weighted by molar-refractivity contribution is -0.385. The molecule has 1 aromatic heterocycles. The molecule has 1 amide bonds. The van der Waals surface area contributed by atoms with E-state index in [0.29, 0.717) is 5.82 Å². The van der Waals surface area contributed by atoms with Gasteiger partial charge in [0.1, 0.15) is 11.4 Å². The van der Waals surface area contributed by atoms with E-state index in [4.69, 9.17) is 5.73 Å². The maximum Gasteiger partial charge on any atom is 0.282 e. The van der Waals surface area contributed by atoms with Gasteiger partial charge >= 0.3 is 0 Å². The number of hydrogen-bond acceptors (Lipinski definition) is 7. The van der Waals surface area contributed by atoms with Crippen molar-refractivity contribution >= 4 is 33.9 Å². The van der Waals surface area contributed by atoms with Crippen LogP contribution in [0, 0.1) is 17.0 Å². The number of amides is 1. The highest BCUT2D eigenvalue weighted by Crippen LogP contribution is 2.22. The summed E-state index contributed by atoms with van der Waals surface area (Å²) >= 11 is 0.997. The van der Waals surface area contributed by atoms with Gasteiger partial charge in [-0.3, -0.25) is 20.2 Å². The van der Waals surface area contributed by atoms with Crippen molar-refractivity contribution in [3.63, 3.8) is 0 Å². The summed E-state index contributed by atoms with van der Waals surface area (Å²) in [4.78, 5) is 26.1. The molecular formula is C10H9N5O3S. The number of hydrogen-bond donors (Lipinski definition) is 2. The number of aryl methyl sites for hydroxylation is 1. The van der Waals surface area contributed by atoms with Crippen LogP contribution in [0.3, 0.4) is 0 Å². The highest BCUT2D eigenvalue weighted by Gasteiger charge is 2.21. The number of nitrogens with one attached hydrogen (secondary N) is 1. The smallest absolute Gasteiger partial charge is 0.282 e. The SMILES string of the molecule is Cc1nsc(NC(=O)c2cc(N)ccc2[N+](=O)[O-])n1. The fourth-order valence-electron chi connectivity index (χ4n) is 1.41. The monoisotopic (exact) mass is 279 g/mol. The van der Waals surface area contributed by atoms with Gasteiger partial charge in [-0.05, 0) is 19.1 Å². The molecule has 1 aromatic carbocycles. The number of nitrogen functional groups attached to an aromatic ring is 1. The largest absolute Gasteiger partial charge is 0.399 e. The number of aromatic nitrogens is 2. The number of rotatable bonds is 3. The van der Waals surface area contributed by atoms with Crippen LogP contribution in [0.15, 0.2) is 18.2 Å². The highest BCUT2D eigenvalue weighted by molar-refractivity contribution is 7.09. The standard InChI is InChI=1S/C10H9N5O3S/c1-5-12-10(19-14-5)13-9(16)7-4-6(11)2-3-8(7)15(17)18/h2-4H,11H2,1H3,(H,12,13,14,16). The van der Waals surface area contributed by atoms with Crippen molar-refractivity contribution < 1.29 is 9.72 Å². The number of carbonyl (C=O) groups excluding carboxylic acids is 1. The van der Waals surface area contributed by atoms with E-state index in [-0.39, 0.29) is 22.1 Å². The van der Waals surface area contributed by atoms with Crippen LogP contribution in [0.2, 0.25) is 0 Å². The number of nitro groups is 1. The Kier molecular flexibility index (Phi) is 3.38. The minimum absolute atomic E-state index is 0.113. The van der Waals surface area contributed by atoms with Crippen molar-refractivity contribution in [2.75, 3.05) is 11.1 Å². The molecule has 0 aliphatic rings. The molecule has 0 spiro atoms. The van der Waals surface area contributed by atoms with Crippen LogP contribution in [-0.4, -0.2) is 20.2 Å². The molecular weight excluding hydrogens is 270 g/mol. The lowest BCUT2D eigenvalue weighted by atomic mass is 10.1. The second-order valence-electron chi connectivity index (χ2n) is 3.63. The molecule has 2 rings (SSSR count). The second kappa shape index (κ2) is 4.98. The third-order valence-corrected chi connectivity index (χ3v) is 2.93. The van der Waals surface area contributed by atoms with Crippen LogP contribution in [0.25, 0.3) is 0 Å². The fourth-order valence-corrected chi connectivity index (χ4v) is 1.98. The van der Waals surface area contributed by atoms with Crippen LogP contribution < -0.4 is 11.1 Å². The predicted octanol–water partition coefficient (Wildman–Crippen LogP) is 1.59. The van der Waals surface area contributed by atoms with E-state index in [1.807, 2.05) is 0 Å². The topological polar surface area (TPSA) is 124 Å². The molecule has 0 bridgehead atoms. The highest BCUT2D eigenvalue weighted by atomic mass is 32.1. The van der Waals surface area contributed by atoms with Crippen molar-refractivity contribution in [2.24, 2.45) is 0 Å². The summed E-state index contributed by atoms with van der Waals surface area (Å²) in [7, 11) is 0. The lowest BCUT2D eigenvalue weighted by Crippen LogP contribution is -2.14. The number of anilines is 2. The minimum atomic E-state index is -0.643. The van der Waals surface area contributed by atoms with Crippen molar-refractivity contribution in [1.29, 1.82) is 0 Å². The molecule has 3 N–H and O–H groups in total. The fraction of sp³-hybridized carbons (Fsp3) is 0.100.